The van der Waals surface area contributed by atoms with Crippen LogP contribution in [-0.4, -0.2) is 129 Å². The molecular formula is C41H52FN7O9. The van der Waals surface area contributed by atoms with Gasteiger partial charge in [0.25, 0.3) is 0 Å². The fourth-order valence-electron chi connectivity index (χ4n) is 8.39. The molecule has 5 N–H and O–H groups in total. The molecule has 0 unspecified atom stereocenters. The summed E-state index contributed by atoms with van der Waals surface area (Å²) in [6.45, 7) is 6.75. The topological polar surface area (TPSA) is 207 Å². The van der Waals surface area contributed by atoms with E-state index in [0.717, 1.165) is 16.5 Å². The van der Waals surface area contributed by atoms with Crippen molar-refractivity contribution in [3.63, 3.8) is 0 Å². The van der Waals surface area contributed by atoms with Crippen molar-refractivity contribution in [2.24, 2.45) is 5.92 Å². The number of urea groups is 1. The van der Waals surface area contributed by atoms with Gasteiger partial charge in [-0.05, 0) is 70.1 Å². The highest BCUT2D eigenvalue weighted by Crippen LogP contribution is 2.29. The van der Waals surface area contributed by atoms with Gasteiger partial charge in [-0.15, -0.1) is 0 Å². The molecule has 0 aromatic heterocycles. The Balaban J connectivity index is 1.35. The average molecular weight is 806 g/mol. The summed E-state index contributed by atoms with van der Waals surface area (Å²) in [5.74, 6) is -5.01. The van der Waals surface area contributed by atoms with Crippen molar-refractivity contribution in [3.8, 4) is 0 Å². The molecule has 4 saturated heterocycles. The molecule has 16 nitrogen and oxygen atoms in total. The Morgan fingerprint density at radius 3 is 2.38 bits per heavy atom. The molecule has 0 bridgehead atoms. The molecule has 4 aliphatic rings. The number of carbonyl (C=O) groups excluding carboxylic acids is 7. The number of hydrogen-bond donors (Lipinski definition) is 5. The lowest BCUT2D eigenvalue weighted by Gasteiger charge is -2.39. The Morgan fingerprint density at radius 2 is 1.64 bits per heavy atom. The van der Waals surface area contributed by atoms with Gasteiger partial charge in [0.15, 0.2) is 0 Å². The molecule has 0 saturated carbocycles. The van der Waals surface area contributed by atoms with Gasteiger partial charge in [0.2, 0.25) is 29.5 Å². The first-order chi connectivity index (χ1) is 27.6. The number of para-hydroxylation sites is 1. The maximum atomic E-state index is 14.7. The molecule has 4 heterocycles. The van der Waals surface area contributed by atoms with Crippen LogP contribution in [0.2, 0.25) is 0 Å². The van der Waals surface area contributed by atoms with Gasteiger partial charge in [0.05, 0.1) is 11.8 Å². The molecule has 4 fully saturated rings. The van der Waals surface area contributed by atoms with Crippen LogP contribution in [0.5, 0.6) is 0 Å². The highest BCUT2D eigenvalue weighted by atomic mass is 19.1. The molecule has 7 amide bonds. The van der Waals surface area contributed by atoms with Crippen LogP contribution in [0.15, 0.2) is 48.5 Å². The lowest BCUT2D eigenvalue weighted by atomic mass is 9.98. The number of cyclic esters (lactones) is 1. The molecule has 17 heteroatoms. The SMILES string of the molecule is Cc1cccc(C[C@H](NC(=O)Nc2ccccc2F)C(=O)N[C@@H]2C(=O)N3C[C@H](O)C[C@H]3C(=O)N3CCCC[C@H]3C(=O)N[C@@H](C)C(=O)N3C[C@H](C)C[C@H]3C(=O)O[C@H]2C)c1. The molecule has 0 radical (unpaired) electrons. The van der Waals surface area contributed by atoms with Crippen molar-refractivity contribution >= 4 is 47.2 Å². The van der Waals surface area contributed by atoms with Gasteiger partial charge in [-0.25, -0.2) is 14.0 Å². The summed E-state index contributed by atoms with van der Waals surface area (Å²) in [6, 6.07) is 4.47. The van der Waals surface area contributed by atoms with Gasteiger partial charge in [0, 0.05) is 32.5 Å². The van der Waals surface area contributed by atoms with Crippen molar-refractivity contribution < 1.29 is 47.8 Å². The number of rotatable bonds is 6. The van der Waals surface area contributed by atoms with E-state index in [0.29, 0.717) is 24.8 Å². The first-order valence-corrected chi connectivity index (χ1v) is 19.9. The highest BCUT2D eigenvalue weighted by Gasteiger charge is 2.49. The summed E-state index contributed by atoms with van der Waals surface area (Å²) in [5, 5.41) is 21.3. The van der Waals surface area contributed by atoms with Gasteiger partial charge in [-0.1, -0.05) is 48.9 Å². The van der Waals surface area contributed by atoms with E-state index in [1.165, 1.54) is 41.8 Å². The van der Waals surface area contributed by atoms with Gasteiger partial charge in [0.1, 0.15) is 48.2 Å². The van der Waals surface area contributed by atoms with E-state index in [-0.39, 0.29) is 50.5 Å². The minimum atomic E-state index is -1.65. The van der Waals surface area contributed by atoms with Crippen LogP contribution in [0.1, 0.15) is 64.0 Å². The predicted octanol–water partition coefficient (Wildman–Crippen LogP) is 1.38. The number of amides is 7. The molecule has 312 valence electrons. The third-order valence-corrected chi connectivity index (χ3v) is 11.3. The number of benzene rings is 2. The fraction of sp³-hybridized carbons (Fsp3) is 0.537. The van der Waals surface area contributed by atoms with E-state index in [9.17, 15) is 43.1 Å². The average Bonchev–Trinajstić information content (AvgIpc) is 3.78. The number of carbonyl (C=O) groups is 7. The smallest absolute Gasteiger partial charge is 0.329 e. The van der Waals surface area contributed by atoms with E-state index in [1.54, 1.807) is 12.1 Å². The first-order valence-electron chi connectivity index (χ1n) is 19.9. The van der Waals surface area contributed by atoms with E-state index >= 15 is 0 Å². The maximum absolute atomic E-state index is 14.7. The molecule has 2 aromatic rings. The number of esters is 1. The maximum Gasteiger partial charge on any atom is 0.329 e. The second-order valence-corrected chi connectivity index (χ2v) is 16.0. The zero-order chi connectivity index (χ0) is 41.8. The van der Waals surface area contributed by atoms with Crippen molar-refractivity contribution in [2.45, 2.75) is 115 Å². The Morgan fingerprint density at radius 1 is 0.897 bits per heavy atom. The number of piperidine rings is 1. The highest BCUT2D eigenvalue weighted by molar-refractivity contribution is 5.99. The minimum absolute atomic E-state index is 0.0650. The number of aryl methyl sites for hydroxylation is 1. The summed E-state index contributed by atoms with van der Waals surface area (Å²) in [6.07, 6.45) is -0.946. The summed E-state index contributed by atoms with van der Waals surface area (Å²) in [5.41, 5.74) is 1.39. The van der Waals surface area contributed by atoms with Crippen LogP contribution < -0.4 is 21.3 Å². The summed E-state index contributed by atoms with van der Waals surface area (Å²) in [7, 11) is 0. The first kappa shape index (κ1) is 42.0. The normalized spacial score (nSPS) is 28.8. The van der Waals surface area contributed by atoms with E-state index in [4.69, 9.17) is 4.74 Å². The molecular weight excluding hydrogens is 753 g/mol. The predicted molar refractivity (Wildman–Crippen MR) is 207 cm³/mol. The Labute approximate surface area is 336 Å². The molecule has 9 atom stereocenters. The van der Waals surface area contributed by atoms with Crippen LogP contribution in [0.4, 0.5) is 14.9 Å². The molecule has 0 aliphatic carbocycles. The van der Waals surface area contributed by atoms with Gasteiger partial charge in [-0.2, -0.15) is 0 Å². The lowest BCUT2D eigenvalue weighted by Crippen LogP contribution is -2.63. The quantitative estimate of drug-likeness (QED) is 0.267. The Hall–Kier alpha value is -5.58. The number of fused-ring (bicyclic) bond motifs is 3. The molecule has 58 heavy (non-hydrogen) atoms. The zero-order valence-corrected chi connectivity index (χ0v) is 33.1. The van der Waals surface area contributed by atoms with Crippen LogP contribution in [0.3, 0.4) is 0 Å². The van der Waals surface area contributed by atoms with Gasteiger partial charge >= 0.3 is 12.0 Å². The number of hydrogen-bond acceptors (Lipinski definition) is 9. The number of nitrogens with zero attached hydrogens (tertiary/aromatic N) is 3. The Bertz CT molecular complexity index is 1930. The van der Waals surface area contributed by atoms with Gasteiger partial charge < -0.3 is 45.8 Å². The van der Waals surface area contributed by atoms with E-state index in [2.05, 4.69) is 21.3 Å². The van der Waals surface area contributed by atoms with Crippen molar-refractivity contribution in [2.75, 3.05) is 25.0 Å². The number of aliphatic hydroxyl groups excluding tert-OH is 1. The number of ether oxygens (including phenoxy) is 1. The van der Waals surface area contributed by atoms with E-state index in [1.807, 2.05) is 26.0 Å². The van der Waals surface area contributed by atoms with Crippen molar-refractivity contribution in [3.05, 3.63) is 65.5 Å². The molecule has 6 rings (SSSR count). The standard InChI is InChI=1S/C41H52FN7O9/c1-22-10-9-11-26(16-22)18-30(45-41(57)44-29-13-6-5-12-28(29)42)35(51)46-34-25(4)58-40(56)33-17-23(2)20-48(33)37(53)24(3)43-36(52)31-14-7-8-15-47(31)38(54)32-19-27(50)21-49(32)39(34)55/h5-6,9-13,16,23-25,27,30-34,50H,7-8,14-15,17-21H2,1-4H3,(H,43,52)(H,46,51)(H2,44,45,57)/t23-,24+,25+,27-,30+,31+,32+,33+,34+/m1/s1. The molecule has 0 spiro atoms. The fourth-order valence-corrected chi connectivity index (χ4v) is 8.39. The van der Waals surface area contributed by atoms with Crippen molar-refractivity contribution in [1.82, 2.24) is 30.7 Å². The Kier molecular flexibility index (Phi) is 13.0. The number of aliphatic hydroxyl groups is 1. The van der Waals surface area contributed by atoms with Gasteiger partial charge in [-0.3, -0.25) is 24.0 Å². The molecule has 2 aromatic carbocycles. The van der Waals surface area contributed by atoms with Crippen LogP contribution in [0.25, 0.3) is 0 Å². The number of halogens is 1. The van der Waals surface area contributed by atoms with Crippen LogP contribution in [0, 0.1) is 18.7 Å². The summed E-state index contributed by atoms with van der Waals surface area (Å²) in [4.78, 5) is 102. The number of anilines is 1. The van der Waals surface area contributed by atoms with Crippen LogP contribution in [-0.2, 0) is 39.9 Å². The summed E-state index contributed by atoms with van der Waals surface area (Å²) < 4.78 is 20.4. The van der Waals surface area contributed by atoms with E-state index < -0.39 is 95.8 Å². The minimum Gasteiger partial charge on any atom is -0.458 e. The zero-order valence-electron chi connectivity index (χ0n) is 33.1. The van der Waals surface area contributed by atoms with Crippen LogP contribution >= 0.6 is 0 Å². The monoisotopic (exact) mass is 805 g/mol. The van der Waals surface area contributed by atoms with Crippen molar-refractivity contribution in [1.29, 1.82) is 0 Å². The third-order valence-electron chi connectivity index (χ3n) is 11.3. The number of nitrogens with one attached hydrogen (secondary N) is 4. The second kappa shape index (κ2) is 17.9. The summed E-state index contributed by atoms with van der Waals surface area (Å²) >= 11 is 0. The largest absolute Gasteiger partial charge is 0.458 e. The lowest BCUT2D eigenvalue weighted by molar-refractivity contribution is -0.163. The molecule has 4 aliphatic heterocycles. The second-order valence-electron chi connectivity index (χ2n) is 16.0. The third kappa shape index (κ3) is 9.41.